The quantitative estimate of drug-likeness (QED) is 0.588. The van der Waals surface area contributed by atoms with E-state index in [1.165, 1.54) is 18.4 Å². The zero-order valence-corrected chi connectivity index (χ0v) is 15.8. The highest BCUT2D eigenvalue weighted by Crippen LogP contribution is 2.09. The molecular weight excluding hydrogens is 266 g/mol. The summed E-state index contributed by atoms with van der Waals surface area (Å²) in [5, 5.41) is 3.18. The molecule has 1 N–H and O–H groups in total. The lowest BCUT2D eigenvalue weighted by molar-refractivity contribution is 0.572. The van der Waals surface area contributed by atoms with Crippen molar-refractivity contribution < 1.29 is 0 Å². The van der Waals surface area contributed by atoms with Crippen molar-refractivity contribution in [2.24, 2.45) is 5.92 Å². The van der Waals surface area contributed by atoms with Gasteiger partial charge in [0.15, 0.2) is 0 Å². The van der Waals surface area contributed by atoms with Gasteiger partial charge in [-0.1, -0.05) is 88.8 Å². The fourth-order valence-electron chi connectivity index (χ4n) is 1.58. The van der Waals surface area contributed by atoms with Crippen LogP contribution in [-0.2, 0) is 0 Å². The summed E-state index contributed by atoms with van der Waals surface area (Å²) in [6.45, 7) is 12.7. The van der Waals surface area contributed by atoms with Crippen molar-refractivity contribution in [2.75, 3.05) is 7.05 Å². The minimum Gasteiger partial charge on any atom is -0.313 e. The van der Waals surface area contributed by atoms with E-state index in [0.717, 1.165) is 5.92 Å². The molecule has 0 bridgehead atoms. The van der Waals surface area contributed by atoms with E-state index in [4.69, 9.17) is 0 Å². The summed E-state index contributed by atoms with van der Waals surface area (Å²) < 4.78 is 0. The highest BCUT2D eigenvalue weighted by Gasteiger charge is 1.97. The summed E-state index contributed by atoms with van der Waals surface area (Å²) in [6, 6.07) is 10.9. The Labute approximate surface area is 139 Å². The van der Waals surface area contributed by atoms with E-state index < -0.39 is 0 Å². The van der Waals surface area contributed by atoms with Crippen molar-refractivity contribution in [3.8, 4) is 0 Å². The molecule has 0 aromatic heterocycles. The maximum absolute atomic E-state index is 3.18. The van der Waals surface area contributed by atoms with Gasteiger partial charge < -0.3 is 5.32 Å². The summed E-state index contributed by atoms with van der Waals surface area (Å²) in [7, 11) is 1.97. The van der Waals surface area contributed by atoms with Crippen LogP contribution in [0.25, 0.3) is 0 Å². The van der Waals surface area contributed by atoms with Gasteiger partial charge in [-0.2, -0.15) is 0 Å². The van der Waals surface area contributed by atoms with Gasteiger partial charge in [0.05, 0.1) is 0 Å². The van der Waals surface area contributed by atoms with Gasteiger partial charge in [-0.3, -0.25) is 0 Å². The van der Waals surface area contributed by atoms with E-state index in [9.17, 15) is 0 Å². The number of rotatable bonds is 6. The maximum Gasteiger partial charge on any atom is 0.0289 e. The normalized spacial score (nSPS) is 13.0. The van der Waals surface area contributed by atoms with Gasteiger partial charge in [0.2, 0.25) is 0 Å². The van der Waals surface area contributed by atoms with Gasteiger partial charge in [-0.05, 0) is 38.8 Å². The lowest BCUT2D eigenvalue weighted by Gasteiger charge is -2.08. The van der Waals surface area contributed by atoms with Gasteiger partial charge in [0, 0.05) is 6.04 Å². The second kappa shape index (κ2) is 17.7. The first kappa shape index (κ1) is 22.9. The first-order valence-electron chi connectivity index (χ1n) is 8.65. The average molecular weight is 304 g/mol. The molecule has 1 nitrogen and oxygen atoms in total. The van der Waals surface area contributed by atoms with E-state index in [-0.39, 0.29) is 0 Å². The molecule has 0 aliphatic rings. The molecule has 2 atom stereocenters. The molecular formula is C21H37N. The molecule has 0 fully saturated rings. The predicted octanol–water partition coefficient (Wildman–Crippen LogP) is 6.55. The Balaban J connectivity index is 0. The fourth-order valence-corrected chi connectivity index (χ4v) is 1.58. The van der Waals surface area contributed by atoms with Crippen LogP contribution >= 0.6 is 0 Å². The minimum atomic E-state index is 0.459. The Morgan fingerprint density at radius 2 is 1.64 bits per heavy atom. The van der Waals surface area contributed by atoms with Crippen LogP contribution < -0.4 is 5.32 Å². The van der Waals surface area contributed by atoms with E-state index in [1.54, 1.807) is 0 Å². The number of hydrogen-bond acceptors (Lipinski definition) is 1. The zero-order chi connectivity index (χ0) is 17.2. The van der Waals surface area contributed by atoms with E-state index >= 15 is 0 Å². The van der Waals surface area contributed by atoms with Gasteiger partial charge in [-0.15, -0.1) is 0 Å². The Morgan fingerprint density at radius 3 is 2.09 bits per heavy atom. The average Bonchev–Trinajstić information content (AvgIpc) is 2.60. The Morgan fingerprint density at radius 1 is 1.05 bits per heavy atom. The first-order valence-corrected chi connectivity index (χ1v) is 8.65. The van der Waals surface area contributed by atoms with Crippen LogP contribution in [-0.4, -0.2) is 7.05 Å². The molecule has 22 heavy (non-hydrogen) atoms. The van der Waals surface area contributed by atoms with Crippen molar-refractivity contribution in [2.45, 2.75) is 60.4 Å². The van der Waals surface area contributed by atoms with E-state index in [2.05, 4.69) is 68.6 Å². The standard InChI is InChI=1S/C10H18.C9H13N.C2H6/c1-4-6-7-8-9-10(3)5-2;1-8(10-2)9-6-4-3-5-7-9;1-2/h4,6-8,10H,5,9H2,1-3H3;3-8,10H,1-2H3;1-2H3/b6-4-,8-7-;;. The summed E-state index contributed by atoms with van der Waals surface area (Å²) in [5.41, 5.74) is 1.34. The topological polar surface area (TPSA) is 12.0 Å². The minimum absolute atomic E-state index is 0.459. The van der Waals surface area contributed by atoms with Gasteiger partial charge in [-0.25, -0.2) is 0 Å². The molecule has 1 aromatic carbocycles. The van der Waals surface area contributed by atoms with Crippen LogP contribution in [0.1, 0.15) is 66.0 Å². The predicted molar refractivity (Wildman–Crippen MR) is 103 cm³/mol. The van der Waals surface area contributed by atoms with Gasteiger partial charge in [0.1, 0.15) is 0 Å². The van der Waals surface area contributed by atoms with Crippen molar-refractivity contribution in [1.82, 2.24) is 5.32 Å². The maximum atomic E-state index is 3.18. The number of hydrogen-bond donors (Lipinski definition) is 1. The summed E-state index contributed by atoms with van der Waals surface area (Å²) in [4.78, 5) is 0. The van der Waals surface area contributed by atoms with E-state index in [0.29, 0.717) is 6.04 Å². The Bertz CT molecular complexity index is 365. The molecule has 0 aliphatic carbocycles. The third-order valence-corrected chi connectivity index (χ3v) is 3.41. The van der Waals surface area contributed by atoms with Crippen LogP contribution in [0.5, 0.6) is 0 Å². The molecule has 126 valence electrons. The first-order chi connectivity index (χ1) is 10.7. The SMILES string of the molecule is C/C=C\C=C/CC(C)CC.CC.CNC(C)c1ccccc1. The molecule has 0 aliphatic heterocycles. The van der Waals surface area contributed by atoms with Crippen LogP contribution in [0.4, 0.5) is 0 Å². The Hall–Kier alpha value is -1.34. The smallest absolute Gasteiger partial charge is 0.0289 e. The van der Waals surface area contributed by atoms with E-state index in [1.807, 2.05) is 40.0 Å². The Kier molecular flexibility index (Phi) is 18.5. The van der Waals surface area contributed by atoms with Crippen molar-refractivity contribution in [3.05, 3.63) is 60.2 Å². The molecule has 1 rings (SSSR count). The molecule has 0 amide bonds. The number of allylic oxidation sites excluding steroid dienone is 4. The lowest BCUT2D eigenvalue weighted by Crippen LogP contribution is -2.11. The summed E-state index contributed by atoms with van der Waals surface area (Å²) >= 11 is 0. The van der Waals surface area contributed by atoms with Crippen LogP contribution in [0.3, 0.4) is 0 Å². The molecule has 0 spiro atoms. The molecule has 2 unspecified atom stereocenters. The summed E-state index contributed by atoms with van der Waals surface area (Å²) in [6.07, 6.45) is 11.0. The summed E-state index contributed by atoms with van der Waals surface area (Å²) in [5.74, 6) is 0.835. The molecule has 0 heterocycles. The lowest BCUT2D eigenvalue weighted by atomic mass is 10.1. The molecule has 1 heteroatoms. The third kappa shape index (κ3) is 13.6. The number of nitrogens with one attached hydrogen (secondary N) is 1. The number of benzene rings is 1. The second-order valence-electron chi connectivity index (χ2n) is 5.12. The second-order valence-corrected chi connectivity index (χ2v) is 5.12. The zero-order valence-electron chi connectivity index (χ0n) is 15.8. The van der Waals surface area contributed by atoms with Gasteiger partial charge in [0.25, 0.3) is 0 Å². The largest absolute Gasteiger partial charge is 0.313 e. The molecule has 0 saturated heterocycles. The van der Waals surface area contributed by atoms with Crippen molar-refractivity contribution >= 4 is 0 Å². The fraction of sp³-hybridized carbons (Fsp3) is 0.524. The van der Waals surface area contributed by atoms with Gasteiger partial charge >= 0.3 is 0 Å². The molecule has 1 aromatic rings. The van der Waals surface area contributed by atoms with Crippen molar-refractivity contribution in [3.63, 3.8) is 0 Å². The van der Waals surface area contributed by atoms with Crippen LogP contribution in [0, 0.1) is 5.92 Å². The molecule has 0 saturated carbocycles. The highest BCUT2D eigenvalue weighted by atomic mass is 14.8. The third-order valence-electron chi connectivity index (χ3n) is 3.41. The molecule has 0 radical (unpaired) electrons. The van der Waals surface area contributed by atoms with Crippen molar-refractivity contribution in [1.29, 1.82) is 0 Å². The van der Waals surface area contributed by atoms with Crippen LogP contribution in [0.2, 0.25) is 0 Å². The van der Waals surface area contributed by atoms with Crippen LogP contribution in [0.15, 0.2) is 54.6 Å². The monoisotopic (exact) mass is 303 g/mol. The highest BCUT2D eigenvalue weighted by molar-refractivity contribution is 5.17.